The highest BCUT2D eigenvalue weighted by Crippen LogP contribution is 2.45. The number of hydrogen-bond donors (Lipinski definition) is 15. The van der Waals surface area contributed by atoms with Gasteiger partial charge in [0, 0.05) is 131 Å². The van der Waals surface area contributed by atoms with E-state index in [1.807, 2.05) is 108 Å². The summed E-state index contributed by atoms with van der Waals surface area (Å²) in [7, 11) is 3.59. The number of nitrogen functional groups attached to an aromatic ring is 5. The first-order valence-electron chi connectivity index (χ1n) is 48.2. The summed E-state index contributed by atoms with van der Waals surface area (Å²) in [6, 6.07) is 57.8. The molecule has 39 nitrogen and oxygen atoms in total. The van der Waals surface area contributed by atoms with Crippen LogP contribution >= 0.6 is 0 Å². The third kappa shape index (κ3) is 21.6. The number of alkyl halides is 2. The third-order valence-electron chi connectivity index (χ3n) is 26.5. The molecule has 8 atom stereocenters. The number of para-hydroxylation sites is 2. The van der Waals surface area contributed by atoms with E-state index in [2.05, 4.69) is 152 Å². The van der Waals surface area contributed by atoms with Crippen molar-refractivity contribution in [3.63, 3.8) is 0 Å². The van der Waals surface area contributed by atoms with E-state index >= 15 is 0 Å². The van der Waals surface area contributed by atoms with Crippen LogP contribution in [0.15, 0.2) is 225 Å². The average Bonchev–Trinajstić information content (AvgIpc) is 1.60. The number of β-amino-alcohol motifs (C(OH)–C–C–N with tert-alkyl or cyclic N) is 1. The molecule has 13 aromatic heterocycles. The lowest BCUT2D eigenvalue weighted by atomic mass is 10.00. The number of benzene rings is 5. The van der Waals surface area contributed by atoms with Gasteiger partial charge in [-0.2, -0.15) is 15.3 Å². The lowest BCUT2D eigenvalue weighted by Crippen LogP contribution is -2.55. The first-order valence-corrected chi connectivity index (χ1v) is 48.2. The molecular weight excluding hydrogens is 1900 g/mol. The van der Waals surface area contributed by atoms with Gasteiger partial charge in [-0.1, -0.05) is 84.9 Å². The summed E-state index contributed by atoms with van der Waals surface area (Å²) in [4.78, 5) is 93.7. The van der Waals surface area contributed by atoms with Gasteiger partial charge in [-0.3, -0.25) is 38.1 Å². The summed E-state index contributed by atoms with van der Waals surface area (Å²) in [6.07, 6.45) is 9.43. The van der Waals surface area contributed by atoms with Gasteiger partial charge >= 0.3 is 0 Å². The summed E-state index contributed by atoms with van der Waals surface area (Å²) in [5.74, 6) is 4.36. The van der Waals surface area contributed by atoms with Gasteiger partial charge in [0.15, 0.2) is 36.3 Å². The topological polar surface area (TPSA) is 557 Å². The maximum atomic E-state index is 13.1. The van der Waals surface area contributed by atoms with E-state index in [0.717, 1.165) is 126 Å². The average molecular weight is 2010 g/mol. The van der Waals surface area contributed by atoms with Crippen molar-refractivity contribution in [3.8, 4) is 67.8 Å². The Morgan fingerprint density at radius 2 is 0.792 bits per heavy atom. The maximum Gasteiger partial charge on any atom is 0.262 e. The van der Waals surface area contributed by atoms with E-state index in [1.165, 1.54) is 12.4 Å². The number of nitrogens with two attached hydrogens (primary N) is 5. The predicted molar refractivity (Wildman–Crippen MR) is 568 cm³/mol. The molecule has 5 aromatic carbocycles. The van der Waals surface area contributed by atoms with Gasteiger partial charge in [-0.05, 0) is 182 Å². The number of aryl methyl sites for hydroxylation is 5. The minimum absolute atomic E-state index is 0.0464. The molecule has 20 N–H and O–H groups in total. The lowest BCUT2D eigenvalue weighted by molar-refractivity contribution is -0.119. The van der Waals surface area contributed by atoms with E-state index in [4.69, 9.17) is 42.9 Å². The number of pyridine rings is 10. The van der Waals surface area contributed by atoms with Gasteiger partial charge < -0.3 is 95.4 Å². The zero-order valence-corrected chi connectivity index (χ0v) is 81.9. The summed E-state index contributed by atoms with van der Waals surface area (Å²) in [5.41, 5.74) is 45.8. The molecule has 2 aliphatic carbocycles. The number of anilines is 15. The van der Waals surface area contributed by atoms with Gasteiger partial charge in [0.2, 0.25) is 11.8 Å². The molecule has 18 aromatic rings. The number of hydrogen-bond acceptors (Lipinski definition) is 32. The van der Waals surface area contributed by atoms with Crippen LogP contribution in [0.1, 0.15) is 79.4 Å². The van der Waals surface area contributed by atoms with E-state index in [1.54, 1.807) is 123 Å². The molecule has 149 heavy (non-hydrogen) atoms. The Labute approximate surface area is 850 Å². The Kier molecular flexibility index (Phi) is 27.5. The SMILES string of the molecule is Cc1ccccc1-c1cc2cc(Nc3cc([C@@H](C)O)n(C)n3)ncc2c(N)n1.Cc1ccccc1-c1cc2cc(Nc3cc([C@H](C)O)n(C)n3)ncc2c(N)n1.Cc1ccccc1-c1cc2cc(Nc3cnn([C@@H]4CCN(C5COC5)C[C@H]4O)c3)ncc2c(N)n1.Nc1nc(-c2cccc3c2OCC(=O)N3)cc2cc(NC(=O)[C@@H]3C[C@@H]3F)ncc12.Nc1nc(-c2cccc3c2OCC(=O)N3)cc2cc(NC(=O)[C@H]3C[C@H]3F)ncc12. The molecular formula is C108H105F2N29O10. The number of amides is 4. The van der Waals surface area contributed by atoms with Crippen LogP contribution in [0.3, 0.4) is 0 Å². The van der Waals surface area contributed by atoms with Crippen LogP contribution < -0.4 is 75.4 Å². The number of halogens is 2. The van der Waals surface area contributed by atoms with Crippen LogP contribution in [0.4, 0.5) is 95.7 Å². The van der Waals surface area contributed by atoms with Gasteiger partial charge in [0.05, 0.1) is 119 Å². The number of ether oxygens (including phenoxy) is 3. The smallest absolute Gasteiger partial charge is 0.262 e. The maximum absolute atomic E-state index is 13.1. The molecule has 17 heterocycles. The summed E-state index contributed by atoms with van der Waals surface area (Å²) >= 11 is 0. The van der Waals surface area contributed by atoms with Crippen molar-refractivity contribution in [2.45, 2.75) is 96.6 Å². The minimum Gasteiger partial charge on any atom is -0.481 e. The Hall–Kier alpha value is -17.9. The number of nitrogens with zero attached hydrogens (tertiary/aromatic N) is 17. The lowest BCUT2D eigenvalue weighted by Gasteiger charge is -2.43. The molecule has 24 rings (SSSR count). The fourth-order valence-electron chi connectivity index (χ4n) is 18.3. The third-order valence-corrected chi connectivity index (χ3v) is 26.5. The Balaban J connectivity index is 0.000000113. The molecule has 2 saturated heterocycles. The monoisotopic (exact) mass is 2010 g/mol. The predicted octanol–water partition coefficient (Wildman–Crippen LogP) is 15.6. The normalized spacial score (nSPS) is 17.3. The van der Waals surface area contributed by atoms with Gasteiger partial charge in [-0.25, -0.2) is 58.6 Å². The number of rotatable bonds is 19. The molecule has 41 heteroatoms. The highest BCUT2D eigenvalue weighted by Gasteiger charge is 2.45. The number of nitrogens with one attached hydrogen (secondary N) is 7. The second-order valence-corrected chi connectivity index (χ2v) is 37.3. The van der Waals surface area contributed by atoms with E-state index < -0.39 is 42.5 Å². The van der Waals surface area contributed by atoms with E-state index in [9.17, 15) is 43.3 Å². The van der Waals surface area contributed by atoms with Crippen LogP contribution in [-0.2, 0) is 38.0 Å². The van der Waals surface area contributed by atoms with Crippen molar-refractivity contribution in [1.82, 2.24) is 84.1 Å². The molecule has 0 radical (unpaired) electrons. The van der Waals surface area contributed by atoms with Crippen molar-refractivity contribution in [2.75, 3.05) is 105 Å². The number of likely N-dealkylation sites (tertiary alicyclic amines) is 1. The fraction of sp³-hybridized carbons (Fsp3) is 0.231. The van der Waals surface area contributed by atoms with Crippen molar-refractivity contribution < 1.29 is 57.5 Å². The number of piperidine rings is 1. The molecule has 4 fully saturated rings. The molecule has 0 unspecified atom stereocenters. The van der Waals surface area contributed by atoms with Crippen LogP contribution in [-0.4, -0.2) is 187 Å². The largest absolute Gasteiger partial charge is 0.481 e. The number of carbonyl (C=O) groups is 4. The van der Waals surface area contributed by atoms with E-state index in [-0.39, 0.29) is 67.4 Å². The first kappa shape index (κ1) is 98.5. The molecule has 0 spiro atoms. The quantitative estimate of drug-likeness (QED) is 0.0357. The van der Waals surface area contributed by atoms with Crippen LogP contribution in [0, 0.1) is 32.6 Å². The number of carbonyl (C=O) groups excluding carboxylic acids is 4. The van der Waals surface area contributed by atoms with Crippen LogP contribution in [0.5, 0.6) is 11.5 Å². The number of aliphatic hydroxyl groups is 3. The van der Waals surface area contributed by atoms with E-state index in [0.29, 0.717) is 138 Å². The minimum atomic E-state index is -1.08. The highest BCUT2D eigenvalue weighted by atomic mass is 19.1. The fourth-order valence-corrected chi connectivity index (χ4v) is 18.3. The van der Waals surface area contributed by atoms with Gasteiger partial charge in [-0.15, -0.1) is 0 Å². The molecule has 2 saturated carbocycles. The van der Waals surface area contributed by atoms with Crippen molar-refractivity contribution >= 4 is 164 Å². The molecule has 6 aliphatic rings. The molecule has 0 bridgehead atoms. The standard InChI is InChI=1S/C26H29N7O2.2C21H22N6O.2C20H16FN5O3/c1-16-4-2-3-5-20(16)22-8-17-9-25(28-11-21(17)26(27)31-22)30-18-10-29-33(12-18)23-6-7-32(13-24(23)34)19-14-35-15-19;2*1-12-6-4-5-7-15(12)17-8-14-9-19(23-11-16(14)21(22)24-17)25-20-10-18(13(2)28)27(3)26-20;2*21-13-6-11(13)20(28)26-16-5-9-4-15(25-19(22)12(9)7-23-16)10-2-1-3-14-18(10)29-8-17(27)24-14/h2-5,8-12,19,23-24,34H,6-7,13-15H2,1H3,(H2,27,31)(H,28,30);2*4-11,13,28H,1-3H3,(H2,22,24)(H,23,25,26);2*1-5,7,11,13H,6,8H2,(H2,22,25)(H,24,27)(H,23,26,28)/t23-,24-;2*13-;2*11-,13+/m11010/s1. The second-order valence-electron chi connectivity index (χ2n) is 37.3. The van der Waals surface area contributed by atoms with Gasteiger partial charge in [0.1, 0.15) is 70.5 Å². The summed E-state index contributed by atoms with van der Waals surface area (Å²) in [6.45, 7) is 12.5. The molecule has 4 aliphatic heterocycles. The number of aromatic nitrogens is 16. The van der Waals surface area contributed by atoms with Crippen molar-refractivity contribution in [3.05, 3.63) is 253 Å². The Morgan fingerprint density at radius 1 is 0.450 bits per heavy atom. The van der Waals surface area contributed by atoms with Crippen molar-refractivity contribution in [1.29, 1.82) is 0 Å². The Bertz CT molecular complexity index is 7900. The molecule has 756 valence electrons. The summed E-state index contributed by atoms with van der Waals surface area (Å²) < 4.78 is 47.8. The van der Waals surface area contributed by atoms with Crippen LogP contribution in [0.2, 0.25) is 0 Å². The number of fused-ring (bicyclic) bond motifs is 7. The second kappa shape index (κ2) is 41.7. The zero-order valence-electron chi connectivity index (χ0n) is 81.9. The Morgan fingerprint density at radius 3 is 1.13 bits per heavy atom. The first-order chi connectivity index (χ1) is 71.9. The summed E-state index contributed by atoms with van der Waals surface area (Å²) in [5, 5.41) is 72.0. The number of aliphatic hydroxyl groups excluding tert-OH is 3. The molecule has 4 amide bonds. The van der Waals surface area contributed by atoms with Crippen LogP contribution in [0.25, 0.3) is 110 Å². The zero-order chi connectivity index (χ0) is 104. The van der Waals surface area contributed by atoms with Crippen molar-refractivity contribution in [2.24, 2.45) is 25.9 Å². The van der Waals surface area contributed by atoms with Gasteiger partial charge in [0.25, 0.3) is 11.8 Å². The highest BCUT2D eigenvalue weighted by molar-refractivity contribution is 6.05.